The summed E-state index contributed by atoms with van der Waals surface area (Å²) in [4.78, 5) is 0. The predicted octanol–water partition coefficient (Wildman–Crippen LogP) is 2.92. The maximum atomic E-state index is 6.08. The molecule has 100 valence electrons. The lowest BCUT2D eigenvalue weighted by molar-refractivity contribution is 0.111. The van der Waals surface area contributed by atoms with Crippen LogP contribution < -0.4 is 11.1 Å². The van der Waals surface area contributed by atoms with Gasteiger partial charge in [-0.05, 0) is 43.6 Å². The van der Waals surface area contributed by atoms with E-state index in [0.717, 1.165) is 24.3 Å². The van der Waals surface area contributed by atoms with Crippen LogP contribution in [0.3, 0.4) is 0 Å². The number of nitrogens with one attached hydrogen (secondary N) is 1. The molecule has 0 bridgehead atoms. The molecule has 0 aromatic heterocycles. The van der Waals surface area contributed by atoms with E-state index < -0.39 is 0 Å². The van der Waals surface area contributed by atoms with Gasteiger partial charge in [-0.1, -0.05) is 39.5 Å². The molecule has 2 aliphatic carbocycles. The predicted molar refractivity (Wildman–Crippen MR) is 73.9 cm³/mol. The smallest absolute Gasteiger partial charge is 0.0332 e. The van der Waals surface area contributed by atoms with Crippen LogP contribution in [0.1, 0.15) is 58.8 Å². The number of hydrogen-bond donors (Lipinski definition) is 2. The van der Waals surface area contributed by atoms with Crippen LogP contribution in [0.15, 0.2) is 0 Å². The van der Waals surface area contributed by atoms with Gasteiger partial charge in [-0.25, -0.2) is 0 Å². The highest BCUT2D eigenvalue weighted by molar-refractivity contribution is 4.98. The van der Waals surface area contributed by atoms with Gasteiger partial charge in [-0.2, -0.15) is 0 Å². The van der Waals surface area contributed by atoms with Crippen molar-refractivity contribution in [3.8, 4) is 0 Å². The standard InChI is InChI=1S/C15H30N2/c1-12-5-3-9-15(11-16,13(12)2)17-10-4-6-14-7-8-14/h12-14,17H,3-11,16H2,1-2H3. The highest BCUT2D eigenvalue weighted by atomic mass is 15.0. The van der Waals surface area contributed by atoms with Crippen molar-refractivity contribution in [3.63, 3.8) is 0 Å². The Kier molecular flexibility index (Phi) is 4.48. The molecular formula is C15H30N2. The van der Waals surface area contributed by atoms with E-state index in [9.17, 15) is 0 Å². The van der Waals surface area contributed by atoms with Gasteiger partial charge in [-0.15, -0.1) is 0 Å². The van der Waals surface area contributed by atoms with E-state index in [4.69, 9.17) is 5.73 Å². The van der Waals surface area contributed by atoms with Gasteiger partial charge in [-0.3, -0.25) is 0 Å². The Labute approximate surface area is 107 Å². The van der Waals surface area contributed by atoms with Gasteiger partial charge in [0.25, 0.3) is 0 Å². The molecule has 0 amide bonds. The van der Waals surface area contributed by atoms with Gasteiger partial charge in [0, 0.05) is 12.1 Å². The zero-order valence-electron chi connectivity index (χ0n) is 11.7. The van der Waals surface area contributed by atoms with Crippen molar-refractivity contribution in [2.45, 2.75) is 64.3 Å². The average molecular weight is 238 g/mol. The molecule has 2 aliphatic rings. The first-order chi connectivity index (χ1) is 8.18. The first kappa shape index (κ1) is 13.4. The van der Waals surface area contributed by atoms with E-state index in [1.165, 1.54) is 51.5 Å². The van der Waals surface area contributed by atoms with Crippen LogP contribution in [-0.2, 0) is 0 Å². The second kappa shape index (κ2) is 5.71. The fourth-order valence-electron chi connectivity index (χ4n) is 3.51. The van der Waals surface area contributed by atoms with Crippen LogP contribution in [-0.4, -0.2) is 18.6 Å². The van der Waals surface area contributed by atoms with Crippen LogP contribution in [0, 0.1) is 17.8 Å². The van der Waals surface area contributed by atoms with E-state index in [2.05, 4.69) is 19.2 Å². The molecule has 17 heavy (non-hydrogen) atoms. The Balaban J connectivity index is 1.79. The summed E-state index contributed by atoms with van der Waals surface area (Å²) in [5, 5.41) is 3.82. The lowest BCUT2D eigenvalue weighted by Crippen LogP contribution is -2.59. The van der Waals surface area contributed by atoms with Crippen molar-refractivity contribution >= 4 is 0 Å². The fourth-order valence-corrected chi connectivity index (χ4v) is 3.51. The average Bonchev–Trinajstić information content (AvgIpc) is 3.14. The molecule has 2 heteroatoms. The molecule has 0 radical (unpaired) electrons. The molecule has 3 N–H and O–H groups in total. The van der Waals surface area contributed by atoms with Gasteiger partial charge in [0.2, 0.25) is 0 Å². The SMILES string of the molecule is CC1CCCC(CN)(NCCCC2CC2)C1C. The second-order valence-corrected chi connectivity index (χ2v) is 6.53. The molecule has 2 fully saturated rings. The molecule has 0 saturated heterocycles. The summed E-state index contributed by atoms with van der Waals surface area (Å²) in [6.07, 6.45) is 9.74. The highest BCUT2D eigenvalue weighted by Gasteiger charge is 2.39. The highest BCUT2D eigenvalue weighted by Crippen LogP contribution is 2.37. The molecule has 3 unspecified atom stereocenters. The van der Waals surface area contributed by atoms with Crippen LogP contribution in [0.5, 0.6) is 0 Å². The third-order valence-electron chi connectivity index (χ3n) is 5.33. The third-order valence-corrected chi connectivity index (χ3v) is 5.33. The molecule has 2 rings (SSSR count). The molecule has 2 nitrogen and oxygen atoms in total. The Morgan fingerprint density at radius 2 is 2.00 bits per heavy atom. The molecule has 3 atom stereocenters. The minimum atomic E-state index is 0.237. The second-order valence-electron chi connectivity index (χ2n) is 6.53. The van der Waals surface area contributed by atoms with E-state index in [0.29, 0.717) is 0 Å². The summed E-state index contributed by atoms with van der Waals surface area (Å²) >= 11 is 0. The van der Waals surface area contributed by atoms with Crippen LogP contribution >= 0.6 is 0 Å². The maximum absolute atomic E-state index is 6.08. The summed E-state index contributed by atoms with van der Waals surface area (Å²) in [5.41, 5.74) is 6.32. The van der Waals surface area contributed by atoms with E-state index >= 15 is 0 Å². The van der Waals surface area contributed by atoms with Gasteiger partial charge < -0.3 is 11.1 Å². The summed E-state index contributed by atoms with van der Waals surface area (Å²) in [6, 6.07) is 0. The van der Waals surface area contributed by atoms with Crippen LogP contribution in [0.4, 0.5) is 0 Å². The van der Waals surface area contributed by atoms with E-state index in [-0.39, 0.29) is 5.54 Å². The van der Waals surface area contributed by atoms with Gasteiger partial charge >= 0.3 is 0 Å². The van der Waals surface area contributed by atoms with Crippen molar-refractivity contribution in [3.05, 3.63) is 0 Å². The molecule has 0 aromatic rings. The fraction of sp³-hybridized carbons (Fsp3) is 1.00. The maximum Gasteiger partial charge on any atom is 0.0332 e. The van der Waals surface area contributed by atoms with Gasteiger partial charge in [0.05, 0.1) is 0 Å². The topological polar surface area (TPSA) is 38.0 Å². The largest absolute Gasteiger partial charge is 0.329 e. The lowest BCUT2D eigenvalue weighted by Gasteiger charge is -2.46. The monoisotopic (exact) mass is 238 g/mol. The van der Waals surface area contributed by atoms with Crippen LogP contribution in [0.2, 0.25) is 0 Å². The molecular weight excluding hydrogens is 208 g/mol. The summed E-state index contributed by atoms with van der Waals surface area (Å²) in [6.45, 7) is 6.76. The number of nitrogens with two attached hydrogens (primary N) is 1. The lowest BCUT2D eigenvalue weighted by atomic mass is 9.68. The molecule has 0 aliphatic heterocycles. The summed E-state index contributed by atoms with van der Waals surface area (Å²) in [7, 11) is 0. The Bertz CT molecular complexity index is 237. The third kappa shape index (κ3) is 3.23. The summed E-state index contributed by atoms with van der Waals surface area (Å²) in [5.74, 6) is 2.61. The minimum Gasteiger partial charge on any atom is -0.329 e. The van der Waals surface area contributed by atoms with Crippen molar-refractivity contribution in [2.75, 3.05) is 13.1 Å². The molecule has 0 aromatic carbocycles. The quantitative estimate of drug-likeness (QED) is 0.698. The molecule has 2 saturated carbocycles. The Morgan fingerprint density at radius 3 is 2.65 bits per heavy atom. The van der Waals surface area contributed by atoms with Crippen molar-refractivity contribution in [1.82, 2.24) is 5.32 Å². The Morgan fingerprint density at radius 1 is 1.24 bits per heavy atom. The number of hydrogen-bond acceptors (Lipinski definition) is 2. The zero-order valence-corrected chi connectivity index (χ0v) is 11.7. The normalized spacial score (nSPS) is 38.3. The van der Waals surface area contributed by atoms with Crippen molar-refractivity contribution in [2.24, 2.45) is 23.5 Å². The van der Waals surface area contributed by atoms with Crippen molar-refractivity contribution in [1.29, 1.82) is 0 Å². The van der Waals surface area contributed by atoms with E-state index in [1.807, 2.05) is 0 Å². The molecule has 0 spiro atoms. The minimum absolute atomic E-state index is 0.237. The first-order valence-electron chi connectivity index (χ1n) is 7.63. The van der Waals surface area contributed by atoms with Crippen LogP contribution in [0.25, 0.3) is 0 Å². The van der Waals surface area contributed by atoms with Crippen molar-refractivity contribution < 1.29 is 0 Å². The molecule has 0 heterocycles. The van der Waals surface area contributed by atoms with Gasteiger partial charge in [0.1, 0.15) is 0 Å². The Hall–Kier alpha value is -0.0800. The summed E-state index contributed by atoms with van der Waals surface area (Å²) < 4.78 is 0. The van der Waals surface area contributed by atoms with E-state index in [1.54, 1.807) is 0 Å². The first-order valence-corrected chi connectivity index (χ1v) is 7.63. The number of rotatable bonds is 6. The zero-order chi connectivity index (χ0) is 12.3. The van der Waals surface area contributed by atoms with Gasteiger partial charge in [0.15, 0.2) is 0 Å².